The first kappa shape index (κ1) is 12.2. The van der Waals surface area contributed by atoms with Crippen molar-refractivity contribution in [3.8, 4) is 17.0 Å². The topological polar surface area (TPSA) is 66.0 Å². The lowest BCUT2D eigenvalue weighted by Crippen LogP contribution is -2.18. The average Bonchev–Trinajstić information content (AvgIpc) is 2.65. The van der Waals surface area contributed by atoms with Gasteiger partial charge in [-0.25, -0.2) is 4.68 Å². The zero-order chi connectivity index (χ0) is 13.3. The van der Waals surface area contributed by atoms with Crippen molar-refractivity contribution in [1.82, 2.24) is 15.0 Å². The van der Waals surface area contributed by atoms with Crippen molar-refractivity contribution < 1.29 is 17.9 Å². The normalized spacial score (nSPS) is 11.6. The molecule has 0 aliphatic rings. The first-order valence-electron chi connectivity index (χ1n) is 4.87. The van der Waals surface area contributed by atoms with Crippen LogP contribution in [0, 0.1) is 0 Å². The van der Waals surface area contributed by atoms with Gasteiger partial charge in [0.05, 0.1) is 11.9 Å². The molecule has 2 N–H and O–H groups in total. The van der Waals surface area contributed by atoms with Gasteiger partial charge in [0.15, 0.2) is 0 Å². The Morgan fingerprint density at radius 2 is 2.06 bits per heavy atom. The molecule has 0 spiro atoms. The van der Waals surface area contributed by atoms with Crippen molar-refractivity contribution in [2.24, 2.45) is 7.05 Å². The number of nitrogens with two attached hydrogens (primary N) is 1. The number of anilines is 1. The molecular weight excluding hydrogens is 249 g/mol. The smallest absolute Gasteiger partial charge is 0.405 e. The molecule has 18 heavy (non-hydrogen) atoms. The van der Waals surface area contributed by atoms with Gasteiger partial charge in [-0.1, -0.05) is 5.21 Å². The number of ether oxygens (including phenoxy) is 1. The van der Waals surface area contributed by atoms with Crippen LogP contribution in [0.25, 0.3) is 11.3 Å². The second kappa shape index (κ2) is 4.21. The number of rotatable bonds is 2. The Bertz CT molecular complexity index is 564. The number of benzene rings is 1. The molecular formula is C10H9F3N4O. The molecule has 0 saturated heterocycles. The number of halogens is 3. The van der Waals surface area contributed by atoms with Gasteiger partial charge in [0.1, 0.15) is 5.75 Å². The number of nitrogen functional groups attached to an aromatic ring is 1. The lowest BCUT2D eigenvalue weighted by atomic mass is 10.1. The van der Waals surface area contributed by atoms with Crippen molar-refractivity contribution in [3.63, 3.8) is 0 Å². The molecule has 0 amide bonds. The maximum absolute atomic E-state index is 12.3. The summed E-state index contributed by atoms with van der Waals surface area (Å²) in [6.07, 6.45) is -3.44. The van der Waals surface area contributed by atoms with Crippen molar-refractivity contribution in [1.29, 1.82) is 0 Å². The van der Waals surface area contributed by atoms with Crippen LogP contribution in [-0.2, 0) is 7.05 Å². The van der Waals surface area contributed by atoms with E-state index in [0.29, 0.717) is 11.4 Å². The van der Waals surface area contributed by atoms with Crippen LogP contribution < -0.4 is 10.5 Å². The number of nitrogens with zero attached hydrogens (tertiary/aromatic N) is 3. The SMILES string of the molecule is Cn1nncc1-c1cc(N)ccc1OC(F)(F)F. The first-order chi connectivity index (χ1) is 8.37. The third-order valence-corrected chi connectivity index (χ3v) is 2.22. The number of aryl methyl sites for hydroxylation is 1. The fourth-order valence-corrected chi connectivity index (χ4v) is 1.50. The van der Waals surface area contributed by atoms with Gasteiger partial charge >= 0.3 is 6.36 Å². The summed E-state index contributed by atoms with van der Waals surface area (Å²) in [4.78, 5) is 0. The van der Waals surface area contributed by atoms with E-state index in [9.17, 15) is 13.2 Å². The van der Waals surface area contributed by atoms with Gasteiger partial charge < -0.3 is 10.5 Å². The van der Waals surface area contributed by atoms with E-state index in [4.69, 9.17) is 5.73 Å². The quantitative estimate of drug-likeness (QED) is 0.836. The lowest BCUT2D eigenvalue weighted by Gasteiger charge is -2.13. The Kier molecular flexibility index (Phi) is 2.85. The molecule has 0 radical (unpaired) electrons. The maximum atomic E-state index is 12.3. The van der Waals surface area contributed by atoms with Gasteiger partial charge in [-0.2, -0.15) is 0 Å². The van der Waals surface area contributed by atoms with E-state index in [1.165, 1.54) is 23.0 Å². The molecule has 1 aromatic carbocycles. The summed E-state index contributed by atoms with van der Waals surface area (Å²) in [7, 11) is 1.56. The summed E-state index contributed by atoms with van der Waals surface area (Å²) < 4.78 is 42.1. The highest BCUT2D eigenvalue weighted by Gasteiger charge is 2.32. The van der Waals surface area contributed by atoms with E-state index >= 15 is 0 Å². The Labute approximate surface area is 100.0 Å². The number of hydrogen-bond donors (Lipinski definition) is 1. The van der Waals surface area contributed by atoms with Crippen LogP contribution in [0.15, 0.2) is 24.4 Å². The largest absolute Gasteiger partial charge is 0.573 e. The van der Waals surface area contributed by atoms with Crippen molar-refractivity contribution >= 4 is 5.69 Å². The van der Waals surface area contributed by atoms with Gasteiger partial charge in [0, 0.05) is 18.3 Å². The molecule has 5 nitrogen and oxygen atoms in total. The van der Waals surface area contributed by atoms with E-state index in [1.807, 2.05) is 0 Å². The number of aromatic nitrogens is 3. The van der Waals surface area contributed by atoms with Crippen molar-refractivity contribution in [2.45, 2.75) is 6.36 Å². The molecule has 1 aromatic heterocycles. The second-order valence-electron chi connectivity index (χ2n) is 3.55. The predicted molar refractivity (Wildman–Crippen MR) is 57.5 cm³/mol. The van der Waals surface area contributed by atoms with E-state index in [1.54, 1.807) is 7.05 Å². The number of alkyl halides is 3. The summed E-state index contributed by atoms with van der Waals surface area (Å²) in [6, 6.07) is 3.86. The molecule has 0 fully saturated rings. The minimum Gasteiger partial charge on any atom is -0.405 e. The molecule has 2 rings (SSSR count). The maximum Gasteiger partial charge on any atom is 0.573 e. The number of hydrogen-bond acceptors (Lipinski definition) is 4. The van der Waals surface area contributed by atoms with E-state index < -0.39 is 6.36 Å². The predicted octanol–water partition coefficient (Wildman–Crippen LogP) is 1.96. The summed E-state index contributed by atoms with van der Waals surface area (Å²) in [5.74, 6) is -0.345. The van der Waals surface area contributed by atoms with Crippen LogP contribution in [0.3, 0.4) is 0 Å². The van der Waals surface area contributed by atoms with Gasteiger partial charge in [0.2, 0.25) is 0 Å². The highest BCUT2D eigenvalue weighted by molar-refractivity contribution is 5.70. The fourth-order valence-electron chi connectivity index (χ4n) is 1.50. The van der Waals surface area contributed by atoms with Crippen LogP contribution in [0.4, 0.5) is 18.9 Å². The van der Waals surface area contributed by atoms with E-state index in [-0.39, 0.29) is 11.3 Å². The van der Waals surface area contributed by atoms with Gasteiger partial charge in [-0.3, -0.25) is 0 Å². The summed E-state index contributed by atoms with van der Waals surface area (Å²) >= 11 is 0. The van der Waals surface area contributed by atoms with E-state index in [2.05, 4.69) is 15.0 Å². The molecule has 0 aliphatic carbocycles. The van der Waals surface area contributed by atoms with Crippen LogP contribution in [0.2, 0.25) is 0 Å². The molecule has 0 saturated carbocycles. The van der Waals surface area contributed by atoms with Crippen LogP contribution in [0.5, 0.6) is 5.75 Å². The zero-order valence-electron chi connectivity index (χ0n) is 9.27. The Hall–Kier alpha value is -2.25. The van der Waals surface area contributed by atoms with Crippen molar-refractivity contribution in [3.05, 3.63) is 24.4 Å². The van der Waals surface area contributed by atoms with Crippen LogP contribution in [-0.4, -0.2) is 21.4 Å². The van der Waals surface area contributed by atoms with Gasteiger partial charge in [-0.05, 0) is 18.2 Å². The van der Waals surface area contributed by atoms with E-state index in [0.717, 1.165) is 6.07 Å². The molecule has 2 aromatic rings. The van der Waals surface area contributed by atoms with Crippen LogP contribution >= 0.6 is 0 Å². The molecule has 96 valence electrons. The van der Waals surface area contributed by atoms with Crippen LogP contribution in [0.1, 0.15) is 0 Å². The monoisotopic (exact) mass is 258 g/mol. The third kappa shape index (κ3) is 2.53. The zero-order valence-corrected chi connectivity index (χ0v) is 9.27. The summed E-state index contributed by atoms with van der Waals surface area (Å²) in [6.45, 7) is 0. The first-order valence-corrected chi connectivity index (χ1v) is 4.87. The molecule has 1 heterocycles. The molecule has 8 heteroatoms. The van der Waals surface area contributed by atoms with Gasteiger partial charge in [0.25, 0.3) is 0 Å². The molecule has 0 atom stereocenters. The Balaban J connectivity index is 2.51. The molecule has 0 aliphatic heterocycles. The fraction of sp³-hybridized carbons (Fsp3) is 0.200. The minimum absolute atomic E-state index is 0.180. The minimum atomic E-state index is -4.77. The van der Waals surface area contributed by atoms with Gasteiger partial charge in [-0.15, -0.1) is 18.3 Å². The lowest BCUT2D eigenvalue weighted by molar-refractivity contribution is -0.274. The van der Waals surface area contributed by atoms with Crippen molar-refractivity contribution in [2.75, 3.05) is 5.73 Å². The molecule has 0 unspecified atom stereocenters. The average molecular weight is 258 g/mol. The second-order valence-corrected chi connectivity index (χ2v) is 3.55. The Morgan fingerprint density at radius 1 is 1.33 bits per heavy atom. The highest BCUT2D eigenvalue weighted by atomic mass is 19.4. The third-order valence-electron chi connectivity index (χ3n) is 2.22. The standard InChI is InChI=1S/C10H9F3N4O/c1-17-8(5-15-16-17)7-4-6(14)2-3-9(7)18-10(11,12)13/h2-5H,14H2,1H3. The Morgan fingerprint density at radius 3 is 2.61 bits per heavy atom. The summed E-state index contributed by atoms with van der Waals surface area (Å²) in [5, 5.41) is 7.25. The summed E-state index contributed by atoms with van der Waals surface area (Å²) in [5.41, 5.74) is 6.44. The highest BCUT2D eigenvalue weighted by Crippen LogP contribution is 2.34. The molecule has 0 bridgehead atoms.